The van der Waals surface area contributed by atoms with E-state index in [-0.39, 0.29) is 30.2 Å². The van der Waals surface area contributed by atoms with Gasteiger partial charge in [-0.2, -0.15) is 0 Å². The summed E-state index contributed by atoms with van der Waals surface area (Å²) in [6.45, 7) is 3.05. The molecule has 4 aromatic rings. The van der Waals surface area contributed by atoms with Crippen molar-refractivity contribution >= 4 is 40.9 Å². The standard InChI is InChI=1S/C25H24FN5O2.ClH/c1-15(32)30-20-8-4-17(5-9-20)23-21(16-2-6-18(26)7-3-16)22-24(28-14-29-25(22)33-23)31-12-10-19(27)11-13-31;/h2-9,14,19H,10-13,27H2,1H3,(H,30,32);1H. The molecule has 2 aromatic carbocycles. The van der Waals surface area contributed by atoms with Crippen molar-refractivity contribution in [3.8, 4) is 22.5 Å². The summed E-state index contributed by atoms with van der Waals surface area (Å²) < 4.78 is 20.0. The minimum absolute atomic E-state index is 0. The number of furan rings is 1. The Morgan fingerprint density at radius 2 is 1.71 bits per heavy atom. The van der Waals surface area contributed by atoms with Crippen LogP contribution in [-0.4, -0.2) is 35.0 Å². The number of nitrogens with zero attached hydrogens (tertiary/aromatic N) is 3. The molecular weight excluding hydrogens is 457 g/mol. The van der Waals surface area contributed by atoms with Crippen LogP contribution in [0, 0.1) is 5.82 Å². The summed E-state index contributed by atoms with van der Waals surface area (Å²) in [6.07, 6.45) is 3.27. The molecule has 176 valence electrons. The minimum atomic E-state index is -0.311. The van der Waals surface area contributed by atoms with Crippen molar-refractivity contribution in [1.29, 1.82) is 0 Å². The highest BCUT2D eigenvalue weighted by atomic mass is 35.5. The van der Waals surface area contributed by atoms with Crippen molar-refractivity contribution in [1.82, 2.24) is 9.97 Å². The van der Waals surface area contributed by atoms with E-state index in [9.17, 15) is 9.18 Å². The zero-order valence-corrected chi connectivity index (χ0v) is 19.4. The van der Waals surface area contributed by atoms with E-state index in [1.165, 1.54) is 25.4 Å². The predicted octanol–water partition coefficient (Wildman–Crippen LogP) is 5.00. The van der Waals surface area contributed by atoms with Gasteiger partial charge in [-0.15, -0.1) is 12.4 Å². The lowest BCUT2D eigenvalue weighted by Gasteiger charge is -2.31. The van der Waals surface area contributed by atoms with E-state index in [1.54, 1.807) is 12.1 Å². The molecule has 0 atom stereocenters. The molecule has 3 heterocycles. The number of carbonyl (C=O) groups is 1. The summed E-state index contributed by atoms with van der Waals surface area (Å²) in [5, 5.41) is 3.56. The number of amides is 1. The van der Waals surface area contributed by atoms with Gasteiger partial charge in [0.2, 0.25) is 11.6 Å². The number of piperidine rings is 1. The number of anilines is 2. The van der Waals surface area contributed by atoms with E-state index in [2.05, 4.69) is 20.2 Å². The van der Waals surface area contributed by atoms with Gasteiger partial charge in [-0.1, -0.05) is 12.1 Å². The molecule has 7 nitrogen and oxygen atoms in total. The molecule has 0 spiro atoms. The molecule has 0 unspecified atom stereocenters. The van der Waals surface area contributed by atoms with Crippen LogP contribution in [0.15, 0.2) is 59.3 Å². The molecule has 0 bridgehead atoms. The SMILES string of the molecule is CC(=O)Nc1ccc(-c2oc3ncnc(N4CCC(N)CC4)c3c2-c2ccc(F)cc2)cc1.Cl. The first-order valence-corrected chi connectivity index (χ1v) is 10.9. The van der Waals surface area contributed by atoms with Crippen molar-refractivity contribution in [2.75, 3.05) is 23.3 Å². The zero-order chi connectivity index (χ0) is 22.9. The largest absolute Gasteiger partial charge is 0.437 e. The Labute approximate surface area is 202 Å². The summed E-state index contributed by atoms with van der Waals surface area (Å²) >= 11 is 0. The first-order valence-electron chi connectivity index (χ1n) is 10.9. The second-order valence-electron chi connectivity index (χ2n) is 8.27. The molecule has 1 saturated heterocycles. The molecule has 0 aliphatic carbocycles. The number of halogens is 2. The normalized spacial score (nSPS) is 14.1. The summed E-state index contributed by atoms with van der Waals surface area (Å²) in [7, 11) is 0. The monoisotopic (exact) mass is 481 g/mol. The molecule has 0 radical (unpaired) electrons. The van der Waals surface area contributed by atoms with Crippen molar-refractivity contribution < 1.29 is 13.6 Å². The Morgan fingerprint density at radius 3 is 2.35 bits per heavy atom. The van der Waals surface area contributed by atoms with Crippen LogP contribution in [0.5, 0.6) is 0 Å². The molecule has 0 saturated carbocycles. The smallest absolute Gasteiger partial charge is 0.232 e. The quantitative estimate of drug-likeness (QED) is 0.425. The zero-order valence-electron chi connectivity index (χ0n) is 18.6. The van der Waals surface area contributed by atoms with Gasteiger partial charge < -0.3 is 20.4 Å². The number of nitrogens with one attached hydrogen (secondary N) is 1. The number of fused-ring (bicyclic) bond motifs is 1. The number of benzene rings is 2. The third-order valence-corrected chi connectivity index (χ3v) is 5.91. The Hall–Kier alpha value is -3.49. The topological polar surface area (TPSA) is 97.3 Å². The van der Waals surface area contributed by atoms with Crippen LogP contribution in [0.3, 0.4) is 0 Å². The first-order chi connectivity index (χ1) is 16.0. The van der Waals surface area contributed by atoms with Crippen molar-refractivity contribution in [3.05, 3.63) is 60.7 Å². The molecule has 3 N–H and O–H groups in total. The van der Waals surface area contributed by atoms with E-state index in [0.29, 0.717) is 17.2 Å². The van der Waals surface area contributed by atoms with Gasteiger partial charge in [-0.3, -0.25) is 4.79 Å². The maximum atomic E-state index is 13.7. The van der Waals surface area contributed by atoms with E-state index in [1.807, 2.05) is 24.3 Å². The van der Waals surface area contributed by atoms with Crippen molar-refractivity contribution in [3.63, 3.8) is 0 Å². The second-order valence-corrected chi connectivity index (χ2v) is 8.27. The predicted molar refractivity (Wildman–Crippen MR) is 134 cm³/mol. The fourth-order valence-electron chi connectivity index (χ4n) is 4.27. The fraction of sp³-hybridized carbons (Fsp3) is 0.240. The maximum absolute atomic E-state index is 13.7. The average molecular weight is 482 g/mol. The van der Waals surface area contributed by atoms with Crippen LogP contribution < -0.4 is 16.0 Å². The highest BCUT2D eigenvalue weighted by molar-refractivity contribution is 6.06. The van der Waals surface area contributed by atoms with Crippen molar-refractivity contribution in [2.45, 2.75) is 25.8 Å². The first kappa shape index (κ1) is 23.7. The number of hydrogen-bond acceptors (Lipinski definition) is 6. The van der Waals surface area contributed by atoms with Gasteiger partial charge in [0.25, 0.3) is 0 Å². The van der Waals surface area contributed by atoms with Gasteiger partial charge >= 0.3 is 0 Å². The molecule has 34 heavy (non-hydrogen) atoms. The van der Waals surface area contributed by atoms with Crippen molar-refractivity contribution in [2.24, 2.45) is 5.73 Å². The van der Waals surface area contributed by atoms with Crippen LogP contribution in [0.4, 0.5) is 15.9 Å². The Bertz CT molecular complexity index is 1300. The number of aromatic nitrogens is 2. The summed E-state index contributed by atoms with van der Waals surface area (Å²) in [5.41, 5.74) is 9.69. The third-order valence-electron chi connectivity index (χ3n) is 5.91. The highest BCUT2D eigenvalue weighted by Gasteiger charge is 2.26. The Morgan fingerprint density at radius 1 is 1.06 bits per heavy atom. The number of nitrogens with two attached hydrogens (primary N) is 1. The second kappa shape index (κ2) is 9.79. The summed E-state index contributed by atoms with van der Waals surface area (Å²) in [5.74, 6) is 0.950. The van der Waals surface area contributed by atoms with Crippen LogP contribution in [0.2, 0.25) is 0 Å². The maximum Gasteiger partial charge on any atom is 0.232 e. The molecule has 1 aliphatic rings. The van der Waals surface area contributed by atoms with Gasteiger partial charge in [0, 0.05) is 42.9 Å². The van der Waals surface area contributed by atoms with Gasteiger partial charge in [-0.25, -0.2) is 14.4 Å². The van der Waals surface area contributed by atoms with Gasteiger partial charge in [0.05, 0.1) is 5.39 Å². The summed E-state index contributed by atoms with van der Waals surface area (Å²) in [6, 6.07) is 13.9. The van der Waals surface area contributed by atoms with Crippen LogP contribution in [0.25, 0.3) is 33.6 Å². The molecule has 9 heteroatoms. The third kappa shape index (κ3) is 4.60. The number of hydrogen-bond donors (Lipinski definition) is 2. The van der Waals surface area contributed by atoms with Crippen LogP contribution in [-0.2, 0) is 4.79 Å². The molecule has 1 amide bonds. The lowest BCUT2D eigenvalue weighted by Crippen LogP contribution is -2.40. The lowest BCUT2D eigenvalue weighted by atomic mass is 9.98. The fourth-order valence-corrected chi connectivity index (χ4v) is 4.27. The number of rotatable bonds is 4. The van der Waals surface area contributed by atoms with E-state index in [4.69, 9.17) is 10.2 Å². The Kier molecular flexibility index (Phi) is 6.81. The van der Waals surface area contributed by atoms with E-state index < -0.39 is 0 Å². The molecule has 2 aromatic heterocycles. The van der Waals surface area contributed by atoms with Crippen LogP contribution >= 0.6 is 12.4 Å². The summed E-state index contributed by atoms with van der Waals surface area (Å²) in [4.78, 5) is 22.6. The Balaban J connectivity index is 0.00000274. The highest BCUT2D eigenvalue weighted by Crippen LogP contribution is 2.43. The van der Waals surface area contributed by atoms with Gasteiger partial charge in [0.15, 0.2) is 0 Å². The van der Waals surface area contributed by atoms with Crippen LogP contribution in [0.1, 0.15) is 19.8 Å². The molecule has 1 fully saturated rings. The number of carbonyl (C=O) groups excluding carboxylic acids is 1. The lowest BCUT2D eigenvalue weighted by molar-refractivity contribution is -0.114. The molecular formula is C25H25ClFN5O2. The van der Waals surface area contributed by atoms with Gasteiger partial charge in [0.1, 0.15) is 23.7 Å². The average Bonchev–Trinajstić information content (AvgIpc) is 3.20. The van der Waals surface area contributed by atoms with E-state index in [0.717, 1.165) is 53.8 Å². The minimum Gasteiger partial charge on any atom is -0.437 e. The van der Waals surface area contributed by atoms with Gasteiger partial charge in [-0.05, 0) is 54.8 Å². The van der Waals surface area contributed by atoms with E-state index >= 15 is 0 Å². The molecule has 1 aliphatic heterocycles. The molecule has 5 rings (SSSR count).